The van der Waals surface area contributed by atoms with Crippen LogP contribution in [0.25, 0.3) is 0 Å². The lowest BCUT2D eigenvalue weighted by Crippen LogP contribution is -2.22. The van der Waals surface area contributed by atoms with Crippen molar-refractivity contribution in [1.29, 1.82) is 0 Å². The topological polar surface area (TPSA) is 74.7 Å². The number of rotatable bonds is 2. The third-order valence-electron chi connectivity index (χ3n) is 1.95. The number of aromatic hydroxyl groups is 1. The Kier molecular flexibility index (Phi) is 3.91. The molecule has 0 aliphatic rings. The van der Waals surface area contributed by atoms with E-state index in [0.717, 1.165) is 12.1 Å². The van der Waals surface area contributed by atoms with Gasteiger partial charge in [-0.2, -0.15) is 0 Å². The van der Waals surface area contributed by atoms with E-state index in [1.807, 2.05) is 0 Å². The van der Waals surface area contributed by atoms with Crippen LogP contribution in [0.5, 0.6) is 5.75 Å². The molecule has 0 atom stereocenters. The molecule has 17 heavy (non-hydrogen) atoms. The summed E-state index contributed by atoms with van der Waals surface area (Å²) in [5, 5.41) is 9.29. The Bertz CT molecular complexity index is 569. The molecule has 1 rings (SSSR count). The molecule has 1 amide bonds. The Morgan fingerprint density at radius 1 is 1.35 bits per heavy atom. The van der Waals surface area contributed by atoms with Gasteiger partial charge in [0.15, 0.2) is 0 Å². The second-order valence-electron chi connectivity index (χ2n) is 3.44. The van der Waals surface area contributed by atoms with E-state index in [9.17, 15) is 18.3 Å². The van der Waals surface area contributed by atoms with Crippen LogP contribution >= 0.6 is 22.3 Å². The van der Waals surface area contributed by atoms with E-state index in [-0.39, 0.29) is 10.6 Å². The molecule has 8 heteroatoms. The van der Waals surface area contributed by atoms with Gasteiger partial charge < -0.3 is 10.0 Å². The molecule has 0 aliphatic heterocycles. The van der Waals surface area contributed by atoms with Gasteiger partial charge in [-0.3, -0.25) is 4.79 Å². The van der Waals surface area contributed by atoms with Crippen molar-refractivity contribution in [2.45, 2.75) is 4.90 Å². The van der Waals surface area contributed by atoms with E-state index in [0.29, 0.717) is 0 Å². The number of carbonyl (C=O) groups excluding carboxylic acids is 1. The quantitative estimate of drug-likeness (QED) is 0.843. The van der Waals surface area contributed by atoms with E-state index >= 15 is 0 Å². The predicted molar refractivity (Wildman–Crippen MR) is 64.2 cm³/mol. The summed E-state index contributed by atoms with van der Waals surface area (Å²) in [6.45, 7) is 0. The predicted octanol–water partition coefficient (Wildman–Crippen LogP) is 1.67. The van der Waals surface area contributed by atoms with E-state index in [2.05, 4.69) is 0 Å². The van der Waals surface area contributed by atoms with Gasteiger partial charge in [0.1, 0.15) is 10.6 Å². The van der Waals surface area contributed by atoms with Gasteiger partial charge in [-0.15, -0.1) is 0 Å². The van der Waals surface area contributed by atoms with Crippen molar-refractivity contribution in [1.82, 2.24) is 4.90 Å². The van der Waals surface area contributed by atoms with Gasteiger partial charge in [-0.25, -0.2) is 8.42 Å². The number of nitrogens with zero attached hydrogens (tertiary/aromatic N) is 1. The smallest absolute Gasteiger partial charge is 0.262 e. The minimum Gasteiger partial charge on any atom is -0.507 e. The van der Waals surface area contributed by atoms with Gasteiger partial charge in [-0.1, -0.05) is 11.6 Å². The molecular weight excluding hydrogens is 289 g/mol. The van der Waals surface area contributed by atoms with Crippen molar-refractivity contribution < 1.29 is 18.3 Å². The van der Waals surface area contributed by atoms with Crippen molar-refractivity contribution in [3.63, 3.8) is 0 Å². The molecule has 1 aromatic carbocycles. The number of phenolic OH excluding ortho intramolecular Hbond substituents is 1. The molecule has 0 spiro atoms. The number of phenols is 1. The van der Waals surface area contributed by atoms with Crippen molar-refractivity contribution in [3.05, 3.63) is 22.7 Å². The van der Waals surface area contributed by atoms with Crippen molar-refractivity contribution in [2.75, 3.05) is 14.1 Å². The average molecular weight is 298 g/mol. The summed E-state index contributed by atoms with van der Waals surface area (Å²) >= 11 is 5.62. The van der Waals surface area contributed by atoms with Gasteiger partial charge in [0.2, 0.25) is 0 Å². The Morgan fingerprint density at radius 2 is 1.88 bits per heavy atom. The number of halogens is 2. The van der Waals surface area contributed by atoms with Crippen LogP contribution in [0.2, 0.25) is 5.02 Å². The van der Waals surface area contributed by atoms with Crippen LogP contribution in [0.1, 0.15) is 10.4 Å². The molecule has 1 aromatic rings. The van der Waals surface area contributed by atoms with E-state index < -0.39 is 25.6 Å². The van der Waals surface area contributed by atoms with Crippen LogP contribution in [0.3, 0.4) is 0 Å². The van der Waals surface area contributed by atoms with Gasteiger partial charge in [0.25, 0.3) is 15.0 Å². The summed E-state index contributed by atoms with van der Waals surface area (Å²) in [7, 11) is 4.01. The Balaban J connectivity index is 3.50. The SMILES string of the molecule is CN(C)C(=O)c1cc(S(=O)(=O)Cl)c(Cl)cc1O. The van der Waals surface area contributed by atoms with Crippen LogP contribution in [0.15, 0.2) is 17.0 Å². The number of benzene rings is 1. The van der Waals surface area contributed by atoms with E-state index in [1.165, 1.54) is 19.0 Å². The summed E-state index contributed by atoms with van der Waals surface area (Å²) in [4.78, 5) is 12.4. The molecule has 0 saturated carbocycles. The maximum Gasteiger partial charge on any atom is 0.262 e. The molecule has 94 valence electrons. The maximum absolute atomic E-state index is 11.6. The molecule has 0 radical (unpaired) electrons. The molecule has 0 aromatic heterocycles. The lowest BCUT2D eigenvalue weighted by Gasteiger charge is -2.12. The van der Waals surface area contributed by atoms with Gasteiger partial charge in [0.05, 0.1) is 10.6 Å². The number of hydrogen-bond donors (Lipinski definition) is 1. The average Bonchev–Trinajstić information content (AvgIpc) is 2.14. The summed E-state index contributed by atoms with van der Waals surface area (Å²) in [5.41, 5.74) is -0.182. The normalized spacial score (nSPS) is 11.3. The Labute approximate surface area is 108 Å². The minimum absolute atomic E-state index is 0.182. The van der Waals surface area contributed by atoms with Gasteiger partial charge in [0, 0.05) is 30.8 Å². The summed E-state index contributed by atoms with van der Waals surface area (Å²) in [6.07, 6.45) is 0. The molecule has 0 saturated heterocycles. The lowest BCUT2D eigenvalue weighted by molar-refractivity contribution is 0.0824. The summed E-state index contributed by atoms with van der Waals surface area (Å²) in [5.74, 6) is -0.960. The van der Waals surface area contributed by atoms with Crippen LogP contribution in [-0.4, -0.2) is 38.4 Å². The first-order valence-electron chi connectivity index (χ1n) is 4.33. The van der Waals surface area contributed by atoms with Crippen LogP contribution in [0, 0.1) is 0 Å². The highest BCUT2D eigenvalue weighted by molar-refractivity contribution is 8.13. The highest BCUT2D eigenvalue weighted by Gasteiger charge is 2.22. The van der Waals surface area contributed by atoms with Crippen LogP contribution < -0.4 is 0 Å². The Hall–Kier alpha value is -0.980. The minimum atomic E-state index is -4.07. The summed E-state index contributed by atoms with van der Waals surface area (Å²) < 4.78 is 22.4. The first-order chi connectivity index (χ1) is 7.64. The van der Waals surface area contributed by atoms with Gasteiger partial charge >= 0.3 is 0 Å². The highest BCUT2D eigenvalue weighted by Crippen LogP contribution is 2.31. The fraction of sp³-hybridized carbons (Fsp3) is 0.222. The largest absolute Gasteiger partial charge is 0.507 e. The molecule has 0 aliphatic carbocycles. The monoisotopic (exact) mass is 297 g/mol. The number of amides is 1. The Morgan fingerprint density at radius 3 is 2.29 bits per heavy atom. The van der Waals surface area contributed by atoms with Crippen LogP contribution in [0.4, 0.5) is 0 Å². The molecule has 5 nitrogen and oxygen atoms in total. The first-order valence-corrected chi connectivity index (χ1v) is 7.02. The third kappa shape index (κ3) is 3.02. The number of carbonyl (C=O) groups is 1. The lowest BCUT2D eigenvalue weighted by atomic mass is 10.2. The van der Waals surface area contributed by atoms with Crippen LogP contribution in [-0.2, 0) is 9.05 Å². The molecular formula is C9H9Cl2NO4S. The molecule has 0 unspecified atom stereocenters. The second kappa shape index (κ2) is 4.72. The molecule has 0 bridgehead atoms. The number of hydrogen-bond acceptors (Lipinski definition) is 4. The van der Waals surface area contributed by atoms with E-state index in [4.69, 9.17) is 22.3 Å². The zero-order chi connectivity index (χ0) is 13.4. The van der Waals surface area contributed by atoms with Crippen molar-refractivity contribution in [3.8, 4) is 5.75 Å². The summed E-state index contributed by atoms with van der Waals surface area (Å²) in [6, 6.07) is 1.91. The fourth-order valence-electron chi connectivity index (χ4n) is 1.14. The second-order valence-corrected chi connectivity index (χ2v) is 6.38. The molecule has 0 heterocycles. The van der Waals surface area contributed by atoms with Gasteiger partial charge in [-0.05, 0) is 6.07 Å². The first kappa shape index (κ1) is 14.1. The fourth-order valence-corrected chi connectivity index (χ4v) is 2.66. The standard InChI is InChI=1S/C9H9Cl2NO4S/c1-12(2)9(14)5-3-8(17(11,15)16)6(10)4-7(5)13/h3-4,13H,1-2H3. The maximum atomic E-state index is 11.6. The highest BCUT2D eigenvalue weighted by atomic mass is 35.7. The molecule has 1 N–H and O–H groups in total. The van der Waals surface area contributed by atoms with E-state index in [1.54, 1.807) is 0 Å². The molecule has 0 fully saturated rings. The third-order valence-corrected chi connectivity index (χ3v) is 3.74. The zero-order valence-corrected chi connectivity index (χ0v) is 11.3. The van der Waals surface area contributed by atoms with Crippen molar-refractivity contribution >= 4 is 37.2 Å². The zero-order valence-electron chi connectivity index (χ0n) is 8.94. The van der Waals surface area contributed by atoms with Crippen molar-refractivity contribution in [2.24, 2.45) is 0 Å².